The van der Waals surface area contributed by atoms with Crippen LogP contribution in [0.4, 0.5) is 20.2 Å². The fourth-order valence-corrected chi connectivity index (χ4v) is 13.1. The lowest BCUT2D eigenvalue weighted by molar-refractivity contribution is 0.0756. The number of benzene rings is 6. The molecule has 5 heterocycles. The zero-order chi connectivity index (χ0) is 57.0. The number of hydrogen-bond donors (Lipinski definition) is 1. The molecule has 0 radical (unpaired) electrons. The Morgan fingerprint density at radius 1 is 0.630 bits per heavy atom. The molecular weight excluding hydrogens is 1100 g/mol. The first-order chi connectivity index (χ1) is 39.0. The molecule has 16 nitrogen and oxygen atoms in total. The van der Waals surface area contributed by atoms with Crippen LogP contribution in [0.5, 0.6) is 11.5 Å². The minimum Gasteiger partial charge on any atom is -0.505 e. The lowest BCUT2D eigenvalue weighted by atomic mass is 9.99. The molecular formula is C60H55ClF2N8O8S2. The maximum absolute atomic E-state index is 14.3. The maximum Gasteiger partial charge on any atom is 0.258 e. The number of phenolic OH excluding ortho intramolecular Hbond substituents is 1. The SMILES string of the molecule is CN(c1c2c(c(O)c3ncccc13)C(=O)N(Cc1ccc(F)cc1)C2)S(=O)(=O)CCCn1ccnc1.CN(c1c2c(c(OC(c3ccccc3)c3ccccc3)c3ncccc13)C(=O)N(Cc1ccc(F)cc1)C2)S(=O)(=O)CCCCl. The number of aryl methyl sites for hydroxylation is 1. The summed E-state index contributed by atoms with van der Waals surface area (Å²) in [6.45, 7) is 1.08. The van der Waals surface area contributed by atoms with Gasteiger partial charge >= 0.3 is 0 Å². The van der Waals surface area contributed by atoms with Gasteiger partial charge in [0.2, 0.25) is 20.0 Å². The van der Waals surface area contributed by atoms with E-state index < -0.39 is 32.1 Å². The lowest BCUT2D eigenvalue weighted by Crippen LogP contribution is -2.30. The fourth-order valence-electron chi connectivity index (χ4n) is 10.3. The van der Waals surface area contributed by atoms with Gasteiger partial charge in [0.05, 0.1) is 40.3 Å². The molecule has 0 bridgehead atoms. The smallest absolute Gasteiger partial charge is 0.258 e. The number of rotatable bonds is 19. The Morgan fingerprint density at radius 3 is 1.62 bits per heavy atom. The summed E-state index contributed by atoms with van der Waals surface area (Å²) < 4.78 is 91.9. The van der Waals surface area contributed by atoms with Crippen molar-refractivity contribution in [3.63, 3.8) is 0 Å². The number of imidazole rings is 1. The number of carbonyl (C=O) groups is 2. The number of fused-ring (bicyclic) bond motifs is 4. The quantitative estimate of drug-likeness (QED) is 0.0759. The first-order valence-electron chi connectivity index (χ1n) is 25.9. The van der Waals surface area contributed by atoms with E-state index in [1.807, 2.05) is 60.7 Å². The summed E-state index contributed by atoms with van der Waals surface area (Å²) in [5.74, 6) is -1.59. The van der Waals surface area contributed by atoms with Crippen LogP contribution in [0.3, 0.4) is 0 Å². The second-order valence-corrected chi connectivity index (χ2v) is 24.2. The summed E-state index contributed by atoms with van der Waals surface area (Å²) in [7, 11) is -4.62. The topological polar surface area (TPSA) is 188 Å². The second-order valence-electron chi connectivity index (χ2n) is 19.5. The molecule has 0 atom stereocenters. The Hall–Kier alpha value is -8.46. The molecule has 3 aromatic heterocycles. The molecule has 1 N–H and O–H groups in total. The van der Waals surface area contributed by atoms with Crippen molar-refractivity contribution in [2.24, 2.45) is 0 Å². The van der Waals surface area contributed by atoms with Crippen molar-refractivity contribution >= 4 is 76.6 Å². The van der Waals surface area contributed by atoms with Crippen LogP contribution in [-0.4, -0.2) is 94.6 Å². The highest BCUT2D eigenvalue weighted by Crippen LogP contribution is 2.48. The number of phenols is 1. The Morgan fingerprint density at radius 2 is 1.11 bits per heavy atom. The number of ether oxygens (including phenoxy) is 1. The molecule has 21 heteroatoms. The maximum atomic E-state index is 14.3. The molecule has 2 aliphatic rings. The number of halogens is 3. The first-order valence-corrected chi connectivity index (χ1v) is 29.6. The van der Waals surface area contributed by atoms with Gasteiger partial charge in [0.15, 0.2) is 11.5 Å². The van der Waals surface area contributed by atoms with E-state index in [2.05, 4.69) is 15.0 Å². The number of alkyl halides is 1. The Labute approximate surface area is 472 Å². The van der Waals surface area contributed by atoms with E-state index >= 15 is 0 Å². The average Bonchev–Trinajstić information content (AvgIpc) is 4.36. The number of amides is 2. The molecule has 6 aromatic carbocycles. The van der Waals surface area contributed by atoms with Crippen LogP contribution in [0.25, 0.3) is 21.8 Å². The Kier molecular flexibility index (Phi) is 16.3. The number of pyridine rings is 2. The van der Waals surface area contributed by atoms with Gasteiger partial charge in [-0.3, -0.25) is 28.2 Å². The van der Waals surface area contributed by atoms with Crippen LogP contribution >= 0.6 is 11.6 Å². The van der Waals surface area contributed by atoms with Gasteiger partial charge in [0.25, 0.3) is 11.8 Å². The van der Waals surface area contributed by atoms with Gasteiger partial charge < -0.3 is 24.2 Å². The number of carbonyl (C=O) groups excluding carboxylic acids is 2. The van der Waals surface area contributed by atoms with Crippen molar-refractivity contribution in [1.29, 1.82) is 0 Å². The van der Waals surface area contributed by atoms with E-state index in [0.717, 1.165) is 16.7 Å². The largest absolute Gasteiger partial charge is 0.505 e. The zero-order valence-corrected chi connectivity index (χ0v) is 46.5. The van der Waals surface area contributed by atoms with Crippen molar-refractivity contribution in [3.8, 4) is 11.5 Å². The number of anilines is 2. The summed E-state index contributed by atoms with van der Waals surface area (Å²) in [5, 5.41) is 12.0. The minimum absolute atomic E-state index is 0.0405. The Balaban J connectivity index is 0.000000186. The van der Waals surface area contributed by atoms with Gasteiger partial charge in [0.1, 0.15) is 28.8 Å². The van der Waals surface area contributed by atoms with Crippen molar-refractivity contribution in [3.05, 3.63) is 221 Å². The summed E-state index contributed by atoms with van der Waals surface area (Å²) >= 11 is 5.86. The summed E-state index contributed by atoms with van der Waals surface area (Å²) in [6.07, 6.45) is 8.17. The zero-order valence-electron chi connectivity index (χ0n) is 44.1. The average molecular weight is 1150 g/mol. The highest BCUT2D eigenvalue weighted by atomic mass is 35.5. The molecule has 11 rings (SSSR count). The van der Waals surface area contributed by atoms with E-state index in [9.17, 15) is 40.3 Å². The standard InChI is InChI=1S/C35H31ClFN3O4S.C25H24FN5O4S/c1-39(45(42,43)21-9-19-36)32-28-14-8-20-38-31(28)34(44-33(25-10-4-2-5-11-25)26-12-6-3-7-13-26)30-29(32)23-40(35(30)41)22-24-15-17-27(37)18-16-24;1-29(36(34,35)13-3-11-30-12-10-27-16-30)23-19-4-2-9-28-22(19)24(32)21-20(23)15-31(25(21)33)14-17-5-7-18(26)8-6-17/h2-8,10-18,20,33H,9,19,21-23H2,1H3;2,4-10,12,16,32H,3,11,13-15H2,1H3. The predicted molar refractivity (Wildman–Crippen MR) is 307 cm³/mol. The van der Waals surface area contributed by atoms with Gasteiger partial charge in [-0.25, -0.2) is 30.6 Å². The van der Waals surface area contributed by atoms with Gasteiger partial charge in [0, 0.05) is 99.4 Å². The van der Waals surface area contributed by atoms with Crippen LogP contribution < -0.4 is 13.3 Å². The van der Waals surface area contributed by atoms with Crippen molar-refractivity contribution < 1.29 is 45.0 Å². The van der Waals surface area contributed by atoms with Gasteiger partial charge in [-0.05, 0) is 83.6 Å². The number of aromatic nitrogens is 4. The molecule has 2 aliphatic heterocycles. The predicted octanol–water partition coefficient (Wildman–Crippen LogP) is 10.4. The molecule has 0 fully saturated rings. The third-order valence-electron chi connectivity index (χ3n) is 14.3. The van der Waals surface area contributed by atoms with Crippen LogP contribution in [0.15, 0.2) is 165 Å². The summed E-state index contributed by atoms with van der Waals surface area (Å²) in [4.78, 5) is 43.7. The van der Waals surface area contributed by atoms with Crippen molar-refractivity contribution in [2.45, 2.75) is 51.7 Å². The van der Waals surface area contributed by atoms with Gasteiger partial charge in [-0.1, -0.05) is 84.9 Å². The van der Waals surface area contributed by atoms with Crippen LogP contribution in [0.2, 0.25) is 0 Å². The third-order valence-corrected chi connectivity index (χ3v) is 18.2. The molecule has 0 saturated heterocycles. The van der Waals surface area contributed by atoms with Crippen LogP contribution in [0.1, 0.15) is 73.0 Å². The summed E-state index contributed by atoms with van der Waals surface area (Å²) in [6, 6.07) is 38.0. The van der Waals surface area contributed by atoms with Gasteiger partial charge in [-0.2, -0.15) is 0 Å². The van der Waals surface area contributed by atoms with Gasteiger partial charge in [-0.15, -0.1) is 11.6 Å². The molecule has 416 valence electrons. The third kappa shape index (κ3) is 11.6. The van der Waals surface area contributed by atoms with Crippen molar-refractivity contribution in [2.75, 3.05) is 40.1 Å². The monoisotopic (exact) mass is 1150 g/mol. The van der Waals surface area contributed by atoms with E-state index in [-0.39, 0.29) is 95.7 Å². The second kappa shape index (κ2) is 23.7. The van der Waals surface area contributed by atoms with Crippen molar-refractivity contribution in [1.82, 2.24) is 29.3 Å². The highest BCUT2D eigenvalue weighted by Gasteiger charge is 2.40. The number of aromatic hydroxyl groups is 1. The molecule has 2 amide bonds. The number of hydrogen-bond acceptors (Lipinski definition) is 11. The fraction of sp³-hybridized carbons (Fsp3) is 0.217. The number of nitrogens with zero attached hydrogens (tertiary/aromatic N) is 8. The minimum atomic E-state index is -3.80. The highest BCUT2D eigenvalue weighted by molar-refractivity contribution is 7.93. The van der Waals surface area contributed by atoms with Crippen LogP contribution in [0, 0.1) is 11.6 Å². The van der Waals surface area contributed by atoms with E-state index in [1.165, 1.54) is 58.1 Å². The molecule has 0 saturated carbocycles. The van der Waals surface area contributed by atoms with Crippen LogP contribution in [-0.2, 0) is 52.8 Å². The molecule has 81 heavy (non-hydrogen) atoms. The normalized spacial score (nSPS) is 13.2. The molecule has 0 aliphatic carbocycles. The molecule has 0 unspecified atom stereocenters. The first kappa shape index (κ1) is 55.8. The Bertz CT molecular complexity index is 3960. The summed E-state index contributed by atoms with van der Waals surface area (Å²) in [5.41, 5.74) is 5.66. The van der Waals surface area contributed by atoms with E-state index in [0.29, 0.717) is 57.3 Å². The molecule has 9 aromatic rings. The lowest BCUT2D eigenvalue weighted by Gasteiger charge is -2.26. The van der Waals surface area contributed by atoms with E-state index in [4.69, 9.17) is 16.3 Å². The number of sulfonamides is 2. The van der Waals surface area contributed by atoms with E-state index in [1.54, 1.807) is 82.9 Å². The molecule has 0 spiro atoms.